The van der Waals surface area contributed by atoms with Gasteiger partial charge in [0.2, 0.25) is 0 Å². The Kier molecular flexibility index (Phi) is 6.52. The third-order valence-electron chi connectivity index (χ3n) is 8.96. The molecule has 234 valence electrons. The lowest BCUT2D eigenvalue weighted by Gasteiger charge is -2.15. The van der Waals surface area contributed by atoms with E-state index in [9.17, 15) is 13.2 Å². The molecule has 4 aromatic carbocycles. The maximum atomic E-state index is 14.4. The summed E-state index contributed by atoms with van der Waals surface area (Å²) in [7, 11) is 0. The Balaban J connectivity index is 1.21. The van der Waals surface area contributed by atoms with E-state index in [1.54, 1.807) is 42.9 Å². The minimum Gasteiger partial charge on any atom is -0.278 e. The Morgan fingerprint density at radius 1 is 0.490 bits per heavy atom. The van der Waals surface area contributed by atoms with Crippen LogP contribution in [0.3, 0.4) is 0 Å². The first-order valence-electron chi connectivity index (χ1n) is 15.7. The highest BCUT2D eigenvalue weighted by Crippen LogP contribution is 2.41. The predicted molar refractivity (Wildman–Crippen MR) is 188 cm³/mol. The predicted octanol–water partition coefficient (Wildman–Crippen LogP) is 10.7. The van der Waals surface area contributed by atoms with E-state index in [1.165, 1.54) is 6.07 Å². The first kappa shape index (κ1) is 28.8. The zero-order valence-electron chi connectivity index (χ0n) is 25.7. The van der Waals surface area contributed by atoms with E-state index in [1.807, 2.05) is 83.4 Å². The Bertz CT molecular complexity index is 2650. The lowest BCUT2D eigenvalue weighted by Crippen LogP contribution is -2.06. The largest absolute Gasteiger partial charge is 0.417 e. The number of hydrogen-bond acceptors (Lipinski definition) is 4. The van der Waals surface area contributed by atoms with E-state index in [4.69, 9.17) is 9.97 Å². The van der Waals surface area contributed by atoms with Crippen LogP contribution in [0.25, 0.3) is 83.1 Å². The molecule has 9 aromatic rings. The Labute approximate surface area is 278 Å². The van der Waals surface area contributed by atoms with Gasteiger partial charge in [-0.2, -0.15) is 13.2 Å². The zero-order valence-corrected chi connectivity index (χ0v) is 25.7. The van der Waals surface area contributed by atoms with Gasteiger partial charge >= 0.3 is 6.18 Å². The molecule has 0 saturated carbocycles. The van der Waals surface area contributed by atoms with Crippen LogP contribution in [0.2, 0.25) is 0 Å². The van der Waals surface area contributed by atoms with Gasteiger partial charge in [-0.1, -0.05) is 60.7 Å². The zero-order chi connectivity index (χ0) is 33.1. The standard InChI is InChI=1S/C41H24F3N5/c42-41(43,44)34-21-25-8-1-2-9-29(25)30-16-14-26(20-33(30)34)36-22-28(23-37(48-36)35-12-5-6-18-45-35)27-15-17-39(47-24-27)49-38-13-4-3-10-31(38)32-11-7-19-46-40(32)49/h1-24H. The molecular formula is C41H24F3N5. The van der Waals surface area contributed by atoms with E-state index in [2.05, 4.69) is 28.2 Å². The van der Waals surface area contributed by atoms with E-state index in [-0.39, 0.29) is 5.39 Å². The molecule has 0 bridgehead atoms. The van der Waals surface area contributed by atoms with Crippen LogP contribution in [0, 0.1) is 0 Å². The minimum absolute atomic E-state index is 0.126. The first-order chi connectivity index (χ1) is 23.9. The molecule has 0 radical (unpaired) electrons. The third kappa shape index (κ3) is 4.88. The summed E-state index contributed by atoms with van der Waals surface area (Å²) in [4.78, 5) is 19.0. The van der Waals surface area contributed by atoms with Crippen LogP contribution in [0.1, 0.15) is 5.56 Å². The molecule has 5 heterocycles. The number of pyridine rings is 4. The minimum atomic E-state index is -4.53. The molecule has 9 rings (SSSR count). The molecule has 0 amide bonds. The topological polar surface area (TPSA) is 56.5 Å². The number of aromatic nitrogens is 5. The summed E-state index contributed by atoms with van der Waals surface area (Å²) in [6, 6.07) is 39.0. The Hall–Kier alpha value is -6.41. The van der Waals surface area contributed by atoms with Gasteiger partial charge < -0.3 is 0 Å². The van der Waals surface area contributed by atoms with Crippen LogP contribution in [-0.2, 0) is 6.18 Å². The molecule has 0 unspecified atom stereocenters. The van der Waals surface area contributed by atoms with Crippen molar-refractivity contribution >= 4 is 43.5 Å². The van der Waals surface area contributed by atoms with Crippen LogP contribution in [0.5, 0.6) is 0 Å². The van der Waals surface area contributed by atoms with Gasteiger partial charge in [0.05, 0.1) is 28.2 Å². The maximum Gasteiger partial charge on any atom is 0.417 e. The van der Waals surface area contributed by atoms with Gasteiger partial charge in [0.25, 0.3) is 0 Å². The third-order valence-corrected chi connectivity index (χ3v) is 8.96. The van der Waals surface area contributed by atoms with Gasteiger partial charge in [0.15, 0.2) is 0 Å². The summed E-state index contributed by atoms with van der Waals surface area (Å²) in [5, 5.41) is 4.10. The molecule has 0 aliphatic heterocycles. The lowest BCUT2D eigenvalue weighted by atomic mass is 9.94. The smallest absolute Gasteiger partial charge is 0.278 e. The summed E-state index contributed by atoms with van der Waals surface area (Å²) in [6.07, 6.45) is 0.732. The molecule has 0 aliphatic carbocycles. The molecule has 0 N–H and O–H groups in total. The Morgan fingerprint density at radius 3 is 2.06 bits per heavy atom. The van der Waals surface area contributed by atoms with Gasteiger partial charge in [0, 0.05) is 40.5 Å². The average Bonchev–Trinajstić information content (AvgIpc) is 3.48. The number of rotatable bonds is 4. The van der Waals surface area contributed by atoms with E-state index >= 15 is 0 Å². The molecular weight excluding hydrogens is 619 g/mol. The molecule has 0 atom stereocenters. The van der Waals surface area contributed by atoms with Gasteiger partial charge in [-0.3, -0.25) is 9.55 Å². The van der Waals surface area contributed by atoms with Crippen molar-refractivity contribution in [1.82, 2.24) is 24.5 Å². The highest BCUT2D eigenvalue weighted by molar-refractivity contribution is 6.10. The summed E-state index contributed by atoms with van der Waals surface area (Å²) in [5.41, 5.74) is 5.10. The number of hydrogen-bond donors (Lipinski definition) is 0. The molecule has 0 fully saturated rings. The van der Waals surface area contributed by atoms with Crippen molar-refractivity contribution in [2.75, 3.05) is 0 Å². The number of fused-ring (bicyclic) bond motifs is 6. The number of alkyl halides is 3. The number of halogens is 3. The normalized spacial score (nSPS) is 12.0. The van der Waals surface area contributed by atoms with Crippen LogP contribution in [0.15, 0.2) is 146 Å². The molecule has 49 heavy (non-hydrogen) atoms. The van der Waals surface area contributed by atoms with E-state index in [0.29, 0.717) is 39.2 Å². The average molecular weight is 644 g/mol. The SMILES string of the molecule is FC(F)(F)c1cc2ccccc2c2ccc(-c3cc(-c4ccc(-n5c6ccccc6c6cccnc65)nc4)cc(-c4ccccn4)n3)cc12. The second-order valence-electron chi connectivity index (χ2n) is 11.9. The van der Waals surface area contributed by atoms with Crippen molar-refractivity contribution < 1.29 is 13.2 Å². The number of para-hydroxylation sites is 1. The lowest BCUT2D eigenvalue weighted by molar-refractivity contribution is -0.136. The van der Waals surface area contributed by atoms with Crippen molar-refractivity contribution in [1.29, 1.82) is 0 Å². The fourth-order valence-electron chi connectivity index (χ4n) is 6.70. The molecule has 8 heteroatoms. The molecule has 5 nitrogen and oxygen atoms in total. The number of benzene rings is 4. The van der Waals surface area contributed by atoms with Crippen LogP contribution >= 0.6 is 0 Å². The second kappa shape index (κ2) is 11.1. The van der Waals surface area contributed by atoms with Crippen molar-refractivity contribution in [3.8, 4) is 39.6 Å². The second-order valence-corrected chi connectivity index (χ2v) is 11.9. The molecule has 5 aromatic heterocycles. The van der Waals surface area contributed by atoms with Crippen molar-refractivity contribution in [3.63, 3.8) is 0 Å². The van der Waals surface area contributed by atoms with Crippen molar-refractivity contribution in [2.24, 2.45) is 0 Å². The first-order valence-corrected chi connectivity index (χ1v) is 15.7. The molecule has 0 spiro atoms. The maximum absolute atomic E-state index is 14.4. The highest BCUT2D eigenvalue weighted by Gasteiger charge is 2.33. The van der Waals surface area contributed by atoms with Crippen LogP contribution in [0.4, 0.5) is 13.2 Å². The summed E-state index contributed by atoms with van der Waals surface area (Å²) in [5.74, 6) is 0.717. The molecule has 0 saturated heterocycles. The Morgan fingerprint density at radius 2 is 1.24 bits per heavy atom. The van der Waals surface area contributed by atoms with E-state index < -0.39 is 11.7 Å². The summed E-state index contributed by atoms with van der Waals surface area (Å²) < 4.78 is 45.3. The van der Waals surface area contributed by atoms with Crippen molar-refractivity contribution in [2.45, 2.75) is 6.18 Å². The monoisotopic (exact) mass is 643 g/mol. The van der Waals surface area contributed by atoms with Crippen LogP contribution in [-0.4, -0.2) is 24.5 Å². The van der Waals surface area contributed by atoms with E-state index in [0.717, 1.165) is 38.4 Å². The fourth-order valence-corrected chi connectivity index (χ4v) is 6.70. The van der Waals surface area contributed by atoms with Crippen molar-refractivity contribution in [3.05, 3.63) is 152 Å². The highest BCUT2D eigenvalue weighted by atomic mass is 19.4. The van der Waals surface area contributed by atoms with Gasteiger partial charge in [-0.15, -0.1) is 0 Å². The van der Waals surface area contributed by atoms with Crippen LogP contribution < -0.4 is 0 Å². The molecule has 0 aliphatic rings. The summed E-state index contributed by atoms with van der Waals surface area (Å²) >= 11 is 0. The quantitative estimate of drug-likeness (QED) is 0.179. The van der Waals surface area contributed by atoms with Gasteiger partial charge in [-0.05, 0) is 93.8 Å². The van der Waals surface area contributed by atoms with Gasteiger partial charge in [-0.25, -0.2) is 15.0 Å². The number of nitrogens with zero attached hydrogens (tertiary/aromatic N) is 5. The summed E-state index contributed by atoms with van der Waals surface area (Å²) in [6.45, 7) is 0. The fraction of sp³-hybridized carbons (Fsp3) is 0.0244. The van der Waals surface area contributed by atoms with Gasteiger partial charge in [0.1, 0.15) is 11.5 Å².